The van der Waals surface area contributed by atoms with Crippen LogP contribution in [0.25, 0.3) is 0 Å². The summed E-state index contributed by atoms with van der Waals surface area (Å²) in [5.41, 5.74) is 4.66. The molecule has 0 spiro atoms. The fourth-order valence-corrected chi connectivity index (χ4v) is 5.83. The standard InChI is InChI=1S/C34H45N3O4S/c1-6-27(4)35-34(39)32(24-29-15-9-8-10-16-29)36(25-30-17-12-11-14-26(30)3)33(38)18-13-23-37(42(5,40)41)31-21-19-28(7-2)20-22-31/h8-12,14-17,19-22,27,32H,6-7,13,18,23-25H2,1-5H3,(H,35,39). The van der Waals surface area contributed by atoms with Crippen LogP contribution >= 0.6 is 0 Å². The summed E-state index contributed by atoms with van der Waals surface area (Å²) < 4.78 is 26.7. The van der Waals surface area contributed by atoms with E-state index in [1.54, 1.807) is 17.0 Å². The third-order valence-corrected chi connectivity index (χ3v) is 8.85. The minimum absolute atomic E-state index is 0.0337. The van der Waals surface area contributed by atoms with E-state index in [0.29, 0.717) is 18.5 Å². The number of carbonyl (C=O) groups is 2. The number of nitrogens with zero attached hydrogens (tertiary/aromatic N) is 2. The molecule has 0 aliphatic rings. The van der Waals surface area contributed by atoms with E-state index in [1.165, 1.54) is 10.6 Å². The zero-order valence-electron chi connectivity index (χ0n) is 25.5. The van der Waals surface area contributed by atoms with Crippen LogP contribution in [0.4, 0.5) is 5.69 Å². The Hall–Kier alpha value is -3.65. The van der Waals surface area contributed by atoms with Crippen LogP contribution in [0.5, 0.6) is 0 Å². The predicted octanol–water partition coefficient (Wildman–Crippen LogP) is 5.66. The van der Waals surface area contributed by atoms with Crippen LogP contribution in [0.15, 0.2) is 78.9 Å². The van der Waals surface area contributed by atoms with Gasteiger partial charge in [-0.3, -0.25) is 13.9 Å². The van der Waals surface area contributed by atoms with Crippen molar-refractivity contribution in [1.82, 2.24) is 10.2 Å². The van der Waals surface area contributed by atoms with E-state index in [9.17, 15) is 18.0 Å². The normalized spacial score (nSPS) is 12.8. The highest BCUT2D eigenvalue weighted by atomic mass is 32.2. The molecular formula is C34H45N3O4S. The maximum Gasteiger partial charge on any atom is 0.243 e. The highest BCUT2D eigenvalue weighted by molar-refractivity contribution is 7.92. The van der Waals surface area contributed by atoms with Crippen molar-refractivity contribution < 1.29 is 18.0 Å². The second-order valence-electron chi connectivity index (χ2n) is 10.9. The number of hydrogen-bond donors (Lipinski definition) is 1. The van der Waals surface area contributed by atoms with Gasteiger partial charge in [0.05, 0.1) is 11.9 Å². The second-order valence-corrected chi connectivity index (χ2v) is 12.8. The van der Waals surface area contributed by atoms with Crippen molar-refractivity contribution in [3.63, 3.8) is 0 Å². The van der Waals surface area contributed by atoms with E-state index in [0.717, 1.165) is 35.1 Å². The van der Waals surface area contributed by atoms with Gasteiger partial charge < -0.3 is 10.2 Å². The molecule has 3 aromatic carbocycles. The Morgan fingerprint density at radius 1 is 0.881 bits per heavy atom. The number of anilines is 1. The lowest BCUT2D eigenvalue weighted by molar-refractivity contribution is -0.141. The average Bonchev–Trinajstić information content (AvgIpc) is 2.97. The van der Waals surface area contributed by atoms with Gasteiger partial charge in [-0.1, -0.05) is 80.6 Å². The fraction of sp³-hybridized carbons (Fsp3) is 0.412. The summed E-state index contributed by atoms with van der Waals surface area (Å²) in [6.07, 6.45) is 3.61. The number of hydrogen-bond acceptors (Lipinski definition) is 4. The zero-order chi connectivity index (χ0) is 30.7. The highest BCUT2D eigenvalue weighted by Crippen LogP contribution is 2.22. The molecule has 0 saturated carbocycles. The topological polar surface area (TPSA) is 86.8 Å². The van der Waals surface area contributed by atoms with Crippen LogP contribution in [-0.4, -0.2) is 50.0 Å². The first-order chi connectivity index (χ1) is 20.0. The Balaban J connectivity index is 1.89. The molecule has 0 heterocycles. The van der Waals surface area contributed by atoms with Gasteiger partial charge in [0, 0.05) is 32.0 Å². The number of benzene rings is 3. The molecule has 0 saturated heterocycles. The van der Waals surface area contributed by atoms with Crippen molar-refractivity contribution in [3.05, 3.63) is 101 Å². The van der Waals surface area contributed by atoms with Gasteiger partial charge in [-0.05, 0) is 67.5 Å². The summed E-state index contributed by atoms with van der Waals surface area (Å²) in [6.45, 7) is 8.46. The van der Waals surface area contributed by atoms with Gasteiger partial charge in [0.15, 0.2) is 0 Å². The van der Waals surface area contributed by atoms with Crippen LogP contribution < -0.4 is 9.62 Å². The van der Waals surface area contributed by atoms with Crippen LogP contribution in [0, 0.1) is 6.92 Å². The highest BCUT2D eigenvalue weighted by Gasteiger charge is 2.31. The van der Waals surface area contributed by atoms with Crippen LogP contribution in [-0.2, 0) is 39.0 Å². The number of rotatable bonds is 15. The minimum Gasteiger partial charge on any atom is -0.352 e. The van der Waals surface area contributed by atoms with E-state index in [2.05, 4.69) is 5.32 Å². The fourth-order valence-electron chi connectivity index (χ4n) is 4.87. The lowest BCUT2D eigenvalue weighted by atomic mass is 10.0. The van der Waals surface area contributed by atoms with Gasteiger partial charge in [0.25, 0.3) is 0 Å². The first kappa shape index (κ1) is 32.9. The lowest BCUT2D eigenvalue weighted by Gasteiger charge is -2.33. The summed E-state index contributed by atoms with van der Waals surface area (Å²) in [7, 11) is -3.55. The lowest BCUT2D eigenvalue weighted by Crippen LogP contribution is -2.52. The number of sulfonamides is 1. The number of aryl methyl sites for hydroxylation is 2. The maximum absolute atomic E-state index is 14.0. The molecule has 2 unspecified atom stereocenters. The molecule has 0 bridgehead atoms. The van der Waals surface area contributed by atoms with Gasteiger partial charge in [0.1, 0.15) is 6.04 Å². The van der Waals surface area contributed by atoms with Crippen molar-refractivity contribution in [3.8, 4) is 0 Å². The molecule has 0 radical (unpaired) electrons. The Kier molecular flexibility index (Phi) is 12.2. The third kappa shape index (κ3) is 9.44. The molecule has 7 nitrogen and oxygen atoms in total. The van der Waals surface area contributed by atoms with Crippen LogP contribution in [0.3, 0.4) is 0 Å². The maximum atomic E-state index is 14.0. The molecule has 0 fully saturated rings. The van der Waals surface area contributed by atoms with Gasteiger partial charge in [0.2, 0.25) is 21.8 Å². The van der Waals surface area contributed by atoms with Crippen LogP contribution in [0.2, 0.25) is 0 Å². The predicted molar refractivity (Wildman–Crippen MR) is 171 cm³/mol. The summed E-state index contributed by atoms with van der Waals surface area (Å²) in [6, 6.07) is 24.3. The molecule has 0 aromatic heterocycles. The molecule has 1 N–H and O–H groups in total. The third-order valence-electron chi connectivity index (χ3n) is 7.66. The molecular weight excluding hydrogens is 546 g/mol. The van der Waals surface area contributed by atoms with E-state index >= 15 is 0 Å². The van der Waals surface area contributed by atoms with Gasteiger partial charge >= 0.3 is 0 Å². The molecule has 226 valence electrons. The second kappa shape index (κ2) is 15.5. The van der Waals surface area contributed by atoms with Crippen molar-refractivity contribution in [2.75, 3.05) is 17.1 Å². The monoisotopic (exact) mass is 591 g/mol. The molecule has 8 heteroatoms. The summed E-state index contributed by atoms with van der Waals surface area (Å²) >= 11 is 0. The van der Waals surface area contributed by atoms with Gasteiger partial charge in [-0.2, -0.15) is 0 Å². The van der Waals surface area contributed by atoms with E-state index in [-0.39, 0.29) is 37.4 Å². The Morgan fingerprint density at radius 3 is 2.12 bits per heavy atom. The first-order valence-corrected chi connectivity index (χ1v) is 16.6. The van der Waals surface area contributed by atoms with Crippen molar-refractivity contribution >= 4 is 27.5 Å². The number of nitrogens with one attached hydrogen (secondary N) is 1. The van der Waals surface area contributed by atoms with Crippen molar-refractivity contribution in [1.29, 1.82) is 0 Å². The Morgan fingerprint density at radius 2 is 1.52 bits per heavy atom. The minimum atomic E-state index is -3.55. The quantitative estimate of drug-likeness (QED) is 0.247. The van der Waals surface area contributed by atoms with E-state index < -0.39 is 16.1 Å². The average molecular weight is 592 g/mol. The molecule has 3 aromatic rings. The van der Waals surface area contributed by atoms with Crippen LogP contribution in [0.1, 0.15) is 62.3 Å². The van der Waals surface area contributed by atoms with E-state index in [1.807, 2.05) is 94.4 Å². The molecule has 42 heavy (non-hydrogen) atoms. The molecule has 0 aliphatic heterocycles. The molecule has 2 atom stereocenters. The SMILES string of the molecule is CCc1ccc(N(CCCC(=O)N(Cc2ccccc2C)C(Cc2ccccc2)C(=O)NC(C)CC)S(C)(=O)=O)cc1. The summed E-state index contributed by atoms with van der Waals surface area (Å²) in [4.78, 5) is 29.4. The van der Waals surface area contributed by atoms with Crippen molar-refractivity contribution in [2.45, 2.75) is 78.4 Å². The number of carbonyl (C=O) groups excluding carboxylic acids is 2. The van der Waals surface area contributed by atoms with Crippen molar-refractivity contribution in [2.24, 2.45) is 0 Å². The first-order valence-electron chi connectivity index (χ1n) is 14.8. The Labute approximate surface area is 252 Å². The largest absolute Gasteiger partial charge is 0.352 e. The molecule has 2 amide bonds. The molecule has 3 rings (SSSR count). The smallest absolute Gasteiger partial charge is 0.243 e. The summed E-state index contributed by atoms with van der Waals surface area (Å²) in [5.74, 6) is -0.378. The summed E-state index contributed by atoms with van der Waals surface area (Å²) in [5, 5.41) is 3.09. The van der Waals surface area contributed by atoms with Gasteiger partial charge in [-0.15, -0.1) is 0 Å². The van der Waals surface area contributed by atoms with E-state index in [4.69, 9.17) is 0 Å². The zero-order valence-corrected chi connectivity index (χ0v) is 26.4. The Bertz CT molecular complexity index is 1410. The number of amides is 2. The van der Waals surface area contributed by atoms with Gasteiger partial charge in [-0.25, -0.2) is 8.42 Å². The molecule has 0 aliphatic carbocycles.